The predicted octanol–water partition coefficient (Wildman–Crippen LogP) is 3.14. The second-order valence-corrected chi connectivity index (χ2v) is 8.51. The van der Waals surface area contributed by atoms with Crippen LogP contribution in [-0.4, -0.2) is 25.9 Å². The Bertz CT molecular complexity index is 856. The average molecular weight is 384 g/mol. The standard InChI is InChI=1S/C17H20O6S2/c18-24(19,20)16-12-6-4-10-14(16)8-2-1-3-9-15-11-5-7-13-17(15)25(21,22)23/h4-7,10-13H,1-3,8-9H2,(H,18,19,20)(H,21,22,23). The Morgan fingerprint density at radius 3 is 1.32 bits per heavy atom. The van der Waals surface area contributed by atoms with E-state index in [-0.39, 0.29) is 9.79 Å². The van der Waals surface area contributed by atoms with E-state index in [1.54, 1.807) is 36.4 Å². The molecule has 0 aromatic heterocycles. The van der Waals surface area contributed by atoms with Gasteiger partial charge in [-0.15, -0.1) is 0 Å². The fourth-order valence-corrected chi connectivity index (χ4v) is 4.24. The van der Waals surface area contributed by atoms with E-state index in [9.17, 15) is 25.9 Å². The molecular weight excluding hydrogens is 364 g/mol. The minimum Gasteiger partial charge on any atom is -0.282 e. The molecular formula is C17H20O6S2. The summed E-state index contributed by atoms with van der Waals surface area (Å²) in [7, 11) is -8.47. The summed E-state index contributed by atoms with van der Waals surface area (Å²) in [6.07, 6.45) is 3.13. The molecule has 0 spiro atoms. The first kappa shape index (κ1) is 19.6. The third-order valence-electron chi connectivity index (χ3n) is 3.89. The summed E-state index contributed by atoms with van der Waals surface area (Å²) in [5.74, 6) is 0. The van der Waals surface area contributed by atoms with Gasteiger partial charge in [-0.3, -0.25) is 9.11 Å². The molecule has 0 radical (unpaired) electrons. The van der Waals surface area contributed by atoms with Crippen LogP contribution in [0.1, 0.15) is 30.4 Å². The van der Waals surface area contributed by atoms with Crippen LogP contribution in [-0.2, 0) is 33.1 Å². The van der Waals surface area contributed by atoms with Gasteiger partial charge in [-0.2, -0.15) is 16.8 Å². The lowest BCUT2D eigenvalue weighted by atomic mass is 10.0. The van der Waals surface area contributed by atoms with Gasteiger partial charge in [-0.25, -0.2) is 0 Å². The summed E-state index contributed by atoms with van der Waals surface area (Å²) in [4.78, 5) is -0.154. The van der Waals surface area contributed by atoms with Crippen molar-refractivity contribution in [2.24, 2.45) is 0 Å². The molecule has 0 aliphatic heterocycles. The molecule has 2 aromatic carbocycles. The van der Waals surface area contributed by atoms with Crippen molar-refractivity contribution in [1.29, 1.82) is 0 Å². The van der Waals surface area contributed by atoms with Gasteiger partial charge in [0.25, 0.3) is 20.2 Å². The maximum atomic E-state index is 11.3. The monoisotopic (exact) mass is 384 g/mol. The molecule has 2 aromatic rings. The van der Waals surface area contributed by atoms with E-state index in [0.717, 1.165) is 6.42 Å². The third kappa shape index (κ3) is 5.64. The summed E-state index contributed by atoms with van der Waals surface area (Å²) in [6, 6.07) is 12.6. The van der Waals surface area contributed by atoms with Crippen LogP contribution in [0.25, 0.3) is 0 Å². The van der Waals surface area contributed by atoms with Gasteiger partial charge in [0, 0.05) is 0 Å². The molecule has 0 unspecified atom stereocenters. The summed E-state index contributed by atoms with van der Waals surface area (Å²) < 4.78 is 63.8. The van der Waals surface area contributed by atoms with E-state index in [4.69, 9.17) is 0 Å². The molecule has 0 bridgehead atoms. The number of hydrogen-bond acceptors (Lipinski definition) is 4. The first-order valence-electron chi connectivity index (χ1n) is 7.80. The van der Waals surface area contributed by atoms with Gasteiger partial charge in [0.15, 0.2) is 0 Å². The van der Waals surface area contributed by atoms with Crippen LogP contribution in [0, 0.1) is 0 Å². The van der Waals surface area contributed by atoms with Crippen molar-refractivity contribution in [3.05, 3.63) is 59.7 Å². The van der Waals surface area contributed by atoms with Crippen molar-refractivity contribution in [2.75, 3.05) is 0 Å². The number of aryl methyl sites for hydroxylation is 2. The molecule has 0 heterocycles. The summed E-state index contributed by atoms with van der Waals surface area (Å²) in [6.45, 7) is 0. The third-order valence-corrected chi connectivity index (χ3v) is 5.80. The average Bonchev–Trinajstić information content (AvgIpc) is 2.53. The molecule has 0 saturated heterocycles. The van der Waals surface area contributed by atoms with Crippen LogP contribution < -0.4 is 0 Å². The quantitative estimate of drug-likeness (QED) is 0.535. The Morgan fingerprint density at radius 1 is 0.600 bits per heavy atom. The Labute approximate surface area is 148 Å². The van der Waals surface area contributed by atoms with Gasteiger partial charge < -0.3 is 0 Å². The highest BCUT2D eigenvalue weighted by Gasteiger charge is 2.15. The van der Waals surface area contributed by atoms with Crippen molar-refractivity contribution in [1.82, 2.24) is 0 Å². The number of rotatable bonds is 8. The van der Waals surface area contributed by atoms with Crippen molar-refractivity contribution in [3.8, 4) is 0 Å². The minimum absolute atomic E-state index is 0.0771. The Balaban J connectivity index is 1.92. The molecule has 25 heavy (non-hydrogen) atoms. The molecule has 136 valence electrons. The summed E-state index contributed by atoms with van der Waals surface area (Å²) in [5.41, 5.74) is 1.12. The minimum atomic E-state index is -4.24. The van der Waals surface area contributed by atoms with Gasteiger partial charge in [-0.1, -0.05) is 42.8 Å². The predicted molar refractivity (Wildman–Crippen MR) is 93.8 cm³/mol. The molecule has 0 saturated carbocycles. The molecule has 0 atom stereocenters. The first-order chi connectivity index (χ1) is 11.7. The van der Waals surface area contributed by atoms with Crippen LogP contribution in [0.5, 0.6) is 0 Å². The van der Waals surface area contributed by atoms with Gasteiger partial charge in [0.2, 0.25) is 0 Å². The van der Waals surface area contributed by atoms with Crippen LogP contribution in [0.15, 0.2) is 58.3 Å². The van der Waals surface area contributed by atoms with E-state index in [2.05, 4.69) is 0 Å². The SMILES string of the molecule is O=S(=O)(O)c1ccccc1CCCCCc1ccccc1S(=O)(=O)O. The van der Waals surface area contributed by atoms with Gasteiger partial charge in [0.05, 0.1) is 9.79 Å². The molecule has 0 amide bonds. The van der Waals surface area contributed by atoms with E-state index in [0.29, 0.717) is 36.8 Å². The van der Waals surface area contributed by atoms with Gasteiger partial charge in [0.1, 0.15) is 0 Å². The highest BCUT2D eigenvalue weighted by Crippen LogP contribution is 2.20. The molecule has 8 heteroatoms. The van der Waals surface area contributed by atoms with Crippen molar-refractivity contribution in [3.63, 3.8) is 0 Å². The lowest BCUT2D eigenvalue weighted by Gasteiger charge is -2.08. The largest absolute Gasteiger partial charge is 0.294 e. The summed E-state index contributed by atoms with van der Waals surface area (Å²) in [5, 5.41) is 0. The van der Waals surface area contributed by atoms with Crippen molar-refractivity contribution < 1.29 is 25.9 Å². The highest BCUT2D eigenvalue weighted by molar-refractivity contribution is 7.86. The fraction of sp³-hybridized carbons (Fsp3) is 0.294. The normalized spacial score (nSPS) is 12.2. The molecule has 0 fully saturated rings. The van der Waals surface area contributed by atoms with Crippen molar-refractivity contribution in [2.45, 2.75) is 41.9 Å². The highest BCUT2D eigenvalue weighted by atomic mass is 32.2. The van der Waals surface area contributed by atoms with Gasteiger partial charge in [-0.05, 0) is 48.9 Å². The van der Waals surface area contributed by atoms with Crippen LogP contribution in [0.3, 0.4) is 0 Å². The zero-order valence-electron chi connectivity index (χ0n) is 13.5. The second-order valence-electron chi connectivity index (χ2n) is 5.73. The van der Waals surface area contributed by atoms with E-state index in [1.165, 1.54) is 12.1 Å². The van der Waals surface area contributed by atoms with Crippen LogP contribution in [0.2, 0.25) is 0 Å². The van der Waals surface area contributed by atoms with E-state index >= 15 is 0 Å². The lowest BCUT2D eigenvalue weighted by molar-refractivity contribution is 0.480. The number of hydrogen-bond donors (Lipinski definition) is 2. The smallest absolute Gasteiger partial charge is 0.282 e. The summed E-state index contributed by atoms with van der Waals surface area (Å²) >= 11 is 0. The van der Waals surface area contributed by atoms with Gasteiger partial charge >= 0.3 is 0 Å². The topological polar surface area (TPSA) is 109 Å². The Morgan fingerprint density at radius 2 is 0.960 bits per heavy atom. The zero-order valence-corrected chi connectivity index (χ0v) is 15.1. The molecule has 2 N–H and O–H groups in total. The first-order valence-corrected chi connectivity index (χ1v) is 10.7. The zero-order chi connectivity index (χ0) is 18.5. The second kappa shape index (κ2) is 8.09. The number of unbranched alkanes of at least 4 members (excludes halogenated alkanes) is 2. The molecule has 2 rings (SSSR count). The van der Waals surface area contributed by atoms with E-state index < -0.39 is 20.2 Å². The molecule has 6 nitrogen and oxygen atoms in total. The maximum Gasteiger partial charge on any atom is 0.294 e. The van der Waals surface area contributed by atoms with Crippen LogP contribution in [0.4, 0.5) is 0 Å². The Hall–Kier alpha value is -1.74. The molecule has 0 aliphatic carbocycles. The Kier molecular flexibility index (Phi) is 6.34. The maximum absolute atomic E-state index is 11.3. The van der Waals surface area contributed by atoms with Crippen molar-refractivity contribution >= 4 is 20.2 Å². The molecule has 0 aliphatic rings. The fourth-order valence-electron chi connectivity index (χ4n) is 2.73. The lowest BCUT2D eigenvalue weighted by Crippen LogP contribution is -2.04. The number of benzene rings is 2. The van der Waals surface area contributed by atoms with Crippen LogP contribution >= 0.6 is 0 Å². The van der Waals surface area contributed by atoms with E-state index in [1.807, 2.05) is 0 Å².